The molecule has 0 aliphatic rings. The van der Waals surface area contributed by atoms with Crippen molar-refractivity contribution in [2.24, 2.45) is 7.05 Å². The summed E-state index contributed by atoms with van der Waals surface area (Å²) < 4.78 is 1.70. The molecule has 7 nitrogen and oxygen atoms in total. The van der Waals surface area contributed by atoms with Crippen LogP contribution in [0.15, 0.2) is 17.6 Å². The Labute approximate surface area is 107 Å². The summed E-state index contributed by atoms with van der Waals surface area (Å²) in [4.78, 5) is 18.8. The van der Waals surface area contributed by atoms with Gasteiger partial charge in [0.25, 0.3) is 0 Å². The van der Waals surface area contributed by atoms with E-state index in [-0.39, 0.29) is 5.75 Å². The van der Waals surface area contributed by atoms with Crippen LogP contribution in [0.3, 0.4) is 0 Å². The number of hydrogen-bond donors (Lipinski definition) is 1. The van der Waals surface area contributed by atoms with Crippen LogP contribution in [0.25, 0.3) is 11.5 Å². The highest BCUT2D eigenvalue weighted by molar-refractivity contribution is 7.99. The van der Waals surface area contributed by atoms with Gasteiger partial charge < -0.3 is 9.67 Å². The van der Waals surface area contributed by atoms with Gasteiger partial charge in [-0.3, -0.25) is 9.78 Å². The number of carboxylic acids is 1. The Kier molecular flexibility index (Phi) is 3.56. The lowest BCUT2D eigenvalue weighted by Crippen LogP contribution is -2.01. The molecule has 0 radical (unpaired) electrons. The van der Waals surface area contributed by atoms with Gasteiger partial charge in [0.15, 0.2) is 11.0 Å². The average Bonchev–Trinajstić information content (AvgIpc) is 2.69. The van der Waals surface area contributed by atoms with Crippen LogP contribution in [-0.4, -0.2) is 41.6 Å². The van der Waals surface area contributed by atoms with Crippen molar-refractivity contribution in [3.8, 4) is 11.5 Å². The second-order valence-corrected chi connectivity index (χ2v) is 4.53. The van der Waals surface area contributed by atoms with Crippen molar-refractivity contribution >= 4 is 17.7 Å². The maximum absolute atomic E-state index is 10.5. The Morgan fingerprint density at radius 1 is 1.39 bits per heavy atom. The lowest BCUT2D eigenvalue weighted by Gasteiger charge is -2.02. The first kappa shape index (κ1) is 12.5. The minimum atomic E-state index is -0.889. The zero-order valence-corrected chi connectivity index (χ0v) is 10.7. The Morgan fingerprint density at radius 2 is 2.17 bits per heavy atom. The van der Waals surface area contributed by atoms with E-state index in [9.17, 15) is 4.79 Å². The number of aromatic nitrogens is 5. The Morgan fingerprint density at radius 3 is 2.78 bits per heavy atom. The molecule has 0 unspecified atom stereocenters. The summed E-state index contributed by atoms with van der Waals surface area (Å²) in [7, 11) is 1.76. The zero-order chi connectivity index (χ0) is 13.1. The van der Waals surface area contributed by atoms with Crippen LogP contribution in [0.2, 0.25) is 0 Å². The Bertz CT molecular complexity index is 566. The van der Waals surface area contributed by atoms with E-state index in [0.29, 0.717) is 16.7 Å². The van der Waals surface area contributed by atoms with Gasteiger partial charge in [0.05, 0.1) is 17.6 Å². The van der Waals surface area contributed by atoms with E-state index in [2.05, 4.69) is 20.2 Å². The molecule has 0 amide bonds. The molecular formula is C10H11N5O2S. The molecule has 0 aromatic carbocycles. The first-order chi connectivity index (χ1) is 8.58. The smallest absolute Gasteiger partial charge is 0.313 e. The first-order valence-electron chi connectivity index (χ1n) is 5.11. The summed E-state index contributed by atoms with van der Waals surface area (Å²) in [5.74, 6) is -0.374. The molecule has 0 fully saturated rings. The van der Waals surface area contributed by atoms with Gasteiger partial charge in [-0.1, -0.05) is 11.8 Å². The molecule has 1 N–H and O–H groups in total. The molecular weight excluding hydrogens is 254 g/mol. The van der Waals surface area contributed by atoms with E-state index in [0.717, 1.165) is 17.5 Å². The second-order valence-electron chi connectivity index (χ2n) is 3.59. The summed E-state index contributed by atoms with van der Waals surface area (Å²) in [6.07, 6.45) is 3.26. The summed E-state index contributed by atoms with van der Waals surface area (Å²) in [5, 5.41) is 17.1. The van der Waals surface area contributed by atoms with Gasteiger partial charge in [0, 0.05) is 13.2 Å². The van der Waals surface area contributed by atoms with Crippen molar-refractivity contribution < 1.29 is 9.90 Å². The van der Waals surface area contributed by atoms with Gasteiger partial charge in [-0.15, -0.1) is 10.2 Å². The number of aliphatic carboxylic acids is 1. The molecule has 0 spiro atoms. The quantitative estimate of drug-likeness (QED) is 0.815. The number of rotatable bonds is 4. The molecule has 0 aliphatic heterocycles. The van der Waals surface area contributed by atoms with Crippen LogP contribution < -0.4 is 0 Å². The predicted octanol–water partition coefficient (Wildman–Crippen LogP) is 0.757. The molecule has 0 atom stereocenters. The maximum atomic E-state index is 10.5. The number of thioether (sulfide) groups is 1. The molecule has 0 saturated carbocycles. The molecule has 18 heavy (non-hydrogen) atoms. The number of carbonyl (C=O) groups is 1. The highest BCUT2D eigenvalue weighted by atomic mass is 32.2. The van der Waals surface area contributed by atoms with Crippen LogP contribution in [0.1, 0.15) is 5.69 Å². The van der Waals surface area contributed by atoms with Crippen molar-refractivity contribution in [3.05, 3.63) is 18.1 Å². The molecule has 0 saturated heterocycles. The van der Waals surface area contributed by atoms with Crippen molar-refractivity contribution in [1.82, 2.24) is 24.7 Å². The predicted molar refractivity (Wildman–Crippen MR) is 65.1 cm³/mol. The fourth-order valence-corrected chi connectivity index (χ4v) is 1.93. The Hall–Kier alpha value is -1.96. The van der Waals surface area contributed by atoms with Crippen LogP contribution in [0.5, 0.6) is 0 Å². The lowest BCUT2D eigenvalue weighted by molar-refractivity contribution is -0.133. The second kappa shape index (κ2) is 5.13. The minimum Gasteiger partial charge on any atom is -0.481 e. The molecule has 2 heterocycles. The van der Waals surface area contributed by atoms with Crippen LogP contribution in [0.4, 0.5) is 0 Å². The lowest BCUT2D eigenvalue weighted by atomic mass is 10.4. The van der Waals surface area contributed by atoms with Crippen LogP contribution >= 0.6 is 11.8 Å². The highest BCUT2D eigenvalue weighted by Crippen LogP contribution is 2.20. The fourth-order valence-electron chi connectivity index (χ4n) is 1.30. The minimum absolute atomic E-state index is 0.0500. The van der Waals surface area contributed by atoms with E-state index in [1.165, 1.54) is 0 Å². The molecule has 2 aromatic rings. The third kappa shape index (κ3) is 2.65. The third-order valence-corrected chi connectivity index (χ3v) is 3.17. The maximum Gasteiger partial charge on any atom is 0.313 e. The highest BCUT2D eigenvalue weighted by Gasteiger charge is 2.13. The number of nitrogens with zero attached hydrogens (tertiary/aromatic N) is 5. The van der Waals surface area contributed by atoms with E-state index < -0.39 is 5.97 Å². The fraction of sp³-hybridized carbons (Fsp3) is 0.300. The summed E-state index contributed by atoms with van der Waals surface area (Å²) >= 11 is 1.12. The first-order valence-corrected chi connectivity index (χ1v) is 6.09. The van der Waals surface area contributed by atoms with E-state index in [4.69, 9.17) is 5.11 Å². The largest absolute Gasteiger partial charge is 0.481 e. The summed E-state index contributed by atoms with van der Waals surface area (Å²) in [6, 6.07) is 0. The van der Waals surface area contributed by atoms with E-state index >= 15 is 0 Å². The summed E-state index contributed by atoms with van der Waals surface area (Å²) in [6.45, 7) is 1.85. The number of aryl methyl sites for hydroxylation is 1. The molecule has 0 bridgehead atoms. The van der Waals surface area contributed by atoms with Crippen molar-refractivity contribution in [1.29, 1.82) is 0 Å². The monoisotopic (exact) mass is 265 g/mol. The zero-order valence-electron chi connectivity index (χ0n) is 9.86. The van der Waals surface area contributed by atoms with Crippen molar-refractivity contribution in [2.45, 2.75) is 12.1 Å². The third-order valence-electron chi connectivity index (χ3n) is 2.17. The van der Waals surface area contributed by atoms with Gasteiger partial charge in [0.2, 0.25) is 0 Å². The standard InChI is InChI=1S/C10H11N5O2S/c1-6-3-12-7(4-11-6)9-13-14-10(15(9)2)18-5-8(16)17/h3-4H,5H2,1-2H3,(H,16,17). The molecule has 0 aliphatic carbocycles. The Balaban J connectivity index is 2.25. The van der Waals surface area contributed by atoms with Crippen molar-refractivity contribution in [3.63, 3.8) is 0 Å². The molecule has 8 heteroatoms. The normalized spacial score (nSPS) is 10.6. The van der Waals surface area contributed by atoms with Crippen LogP contribution in [0, 0.1) is 6.92 Å². The van der Waals surface area contributed by atoms with E-state index in [1.54, 1.807) is 24.0 Å². The van der Waals surface area contributed by atoms with Crippen LogP contribution in [-0.2, 0) is 11.8 Å². The summed E-state index contributed by atoms with van der Waals surface area (Å²) in [5.41, 5.74) is 1.43. The van der Waals surface area contributed by atoms with Gasteiger partial charge in [0.1, 0.15) is 5.69 Å². The van der Waals surface area contributed by atoms with Gasteiger partial charge in [-0.25, -0.2) is 4.98 Å². The van der Waals surface area contributed by atoms with Crippen molar-refractivity contribution in [2.75, 3.05) is 5.75 Å². The topological polar surface area (TPSA) is 93.8 Å². The SMILES string of the molecule is Cc1cnc(-c2nnc(SCC(=O)O)n2C)cn1. The number of carboxylic acid groups (broad SMARTS) is 1. The average molecular weight is 265 g/mol. The molecule has 94 valence electrons. The van der Waals surface area contributed by atoms with Gasteiger partial charge in [-0.05, 0) is 6.92 Å². The molecule has 2 aromatic heterocycles. The molecule has 2 rings (SSSR count). The van der Waals surface area contributed by atoms with Gasteiger partial charge >= 0.3 is 5.97 Å². The van der Waals surface area contributed by atoms with Gasteiger partial charge in [-0.2, -0.15) is 0 Å². The van der Waals surface area contributed by atoms with E-state index in [1.807, 2.05) is 6.92 Å². The number of hydrogen-bond acceptors (Lipinski definition) is 6.